The Morgan fingerprint density at radius 1 is 1.18 bits per heavy atom. The largest absolute Gasteiger partial charge is 0.462 e. The number of nitrogens with zero attached hydrogens (tertiary/aromatic N) is 2. The minimum Gasteiger partial charge on any atom is -0.462 e. The number of methoxy groups -OCH3 is 1. The van der Waals surface area contributed by atoms with E-state index in [2.05, 4.69) is 17.0 Å². The first-order chi connectivity index (χ1) is 16.5. The van der Waals surface area contributed by atoms with Crippen LogP contribution < -0.4 is 4.74 Å². The van der Waals surface area contributed by atoms with Gasteiger partial charge in [0.15, 0.2) is 0 Å². The molecule has 0 N–H and O–H groups in total. The normalized spacial score (nSPS) is 19.9. The van der Waals surface area contributed by atoms with Gasteiger partial charge in [-0.25, -0.2) is 0 Å². The van der Waals surface area contributed by atoms with E-state index in [0.29, 0.717) is 30.3 Å². The lowest BCUT2D eigenvalue weighted by Crippen LogP contribution is -2.54. The number of hydrogen-bond acceptors (Lipinski definition) is 5. The number of halogens is 1. The van der Waals surface area contributed by atoms with Gasteiger partial charge in [0.05, 0.1) is 23.8 Å². The fraction of sp³-hybridized carbons (Fsp3) is 0.519. The summed E-state index contributed by atoms with van der Waals surface area (Å²) >= 11 is 6.51. The van der Waals surface area contributed by atoms with Gasteiger partial charge in [0.25, 0.3) is 5.91 Å². The van der Waals surface area contributed by atoms with Crippen molar-refractivity contribution in [2.24, 2.45) is 0 Å². The number of likely N-dealkylation sites (N-methyl/N-ethyl adjacent to an activating group) is 1. The molecule has 0 radical (unpaired) electrons. The molecular formula is C27H33ClN2O4. The Balaban J connectivity index is 1.27. The van der Waals surface area contributed by atoms with Crippen LogP contribution >= 0.6 is 11.6 Å². The van der Waals surface area contributed by atoms with Crippen LogP contribution in [0.4, 0.5) is 0 Å². The van der Waals surface area contributed by atoms with Crippen LogP contribution in [-0.2, 0) is 16.1 Å². The van der Waals surface area contributed by atoms with Gasteiger partial charge in [-0.3, -0.25) is 9.69 Å². The van der Waals surface area contributed by atoms with Gasteiger partial charge in [0, 0.05) is 58.2 Å². The van der Waals surface area contributed by atoms with E-state index >= 15 is 0 Å². The van der Waals surface area contributed by atoms with E-state index in [0.717, 1.165) is 54.4 Å². The second kappa shape index (κ2) is 9.86. The third-order valence-corrected chi connectivity index (χ3v) is 7.82. The zero-order valence-electron chi connectivity index (χ0n) is 20.0. The second-order valence-electron chi connectivity index (χ2n) is 9.66. The van der Waals surface area contributed by atoms with Gasteiger partial charge in [-0.1, -0.05) is 30.2 Å². The van der Waals surface area contributed by atoms with Crippen molar-refractivity contribution in [3.05, 3.63) is 52.5 Å². The minimum absolute atomic E-state index is 0.116. The summed E-state index contributed by atoms with van der Waals surface area (Å²) in [6.07, 6.45) is 5.86. The molecule has 2 aromatic carbocycles. The molecule has 2 aromatic rings. The fourth-order valence-corrected chi connectivity index (χ4v) is 5.30. The molecule has 2 fully saturated rings. The van der Waals surface area contributed by atoms with Crippen molar-refractivity contribution < 1.29 is 19.0 Å². The van der Waals surface area contributed by atoms with Crippen molar-refractivity contribution in [3.63, 3.8) is 0 Å². The quantitative estimate of drug-likeness (QED) is 0.578. The zero-order chi connectivity index (χ0) is 23.7. The Morgan fingerprint density at radius 3 is 2.59 bits per heavy atom. The molecular weight excluding hydrogens is 452 g/mol. The molecule has 3 aliphatic rings. The zero-order valence-corrected chi connectivity index (χ0v) is 20.8. The fourth-order valence-electron chi connectivity index (χ4n) is 5.04. The molecule has 5 rings (SSSR count). The molecule has 2 aliphatic heterocycles. The van der Waals surface area contributed by atoms with Gasteiger partial charge >= 0.3 is 0 Å². The molecule has 0 atom stereocenters. The van der Waals surface area contributed by atoms with Crippen molar-refractivity contribution in [2.45, 2.75) is 50.5 Å². The maximum atomic E-state index is 12.7. The third-order valence-electron chi connectivity index (χ3n) is 7.51. The van der Waals surface area contributed by atoms with Gasteiger partial charge in [-0.2, -0.15) is 0 Å². The molecule has 1 spiro atoms. The summed E-state index contributed by atoms with van der Waals surface area (Å²) in [4.78, 5) is 16.9. The van der Waals surface area contributed by atoms with Crippen LogP contribution in [0.25, 0.3) is 11.1 Å². The number of likely N-dealkylation sites (tertiary alicyclic amines) is 1. The first-order valence-electron chi connectivity index (χ1n) is 12.2. The second-order valence-corrected chi connectivity index (χ2v) is 10.1. The molecule has 2 heterocycles. The summed E-state index contributed by atoms with van der Waals surface area (Å²) < 4.78 is 17.8. The third kappa shape index (κ3) is 4.69. The maximum absolute atomic E-state index is 12.7. The summed E-state index contributed by atoms with van der Waals surface area (Å²) in [7, 11) is 3.37. The summed E-state index contributed by atoms with van der Waals surface area (Å²) in [6, 6.07) is 12.5. The number of carbonyl (C=O) groups excluding carboxylic acids is 1. The molecule has 1 saturated heterocycles. The van der Waals surface area contributed by atoms with Crippen LogP contribution in [-0.4, -0.2) is 67.9 Å². The van der Waals surface area contributed by atoms with Crippen molar-refractivity contribution in [3.8, 4) is 16.9 Å². The number of piperidine rings is 1. The monoisotopic (exact) mass is 484 g/mol. The minimum atomic E-state index is -0.491. The number of rotatable bonds is 6. The molecule has 6 nitrogen and oxygen atoms in total. The predicted molar refractivity (Wildman–Crippen MR) is 132 cm³/mol. The first-order valence-corrected chi connectivity index (χ1v) is 12.6. The Labute approximate surface area is 206 Å². The van der Waals surface area contributed by atoms with Crippen LogP contribution in [0.1, 0.15) is 48.0 Å². The van der Waals surface area contributed by atoms with Gasteiger partial charge in [0.1, 0.15) is 5.75 Å². The van der Waals surface area contributed by atoms with Gasteiger partial charge in [0.2, 0.25) is 5.79 Å². The summed E-state index contributed by atoms with van der Waals surface area (Å²) in [6.45, 7) is 3.63. The van der Waals surface area contributed by atoms with E-state index < -0.39 is 5.79 Å². The van der Waals surface area contributed by atoms with Crippen LogP contribution in [0.3, 0.4) is 0 Å². The van der Waals surface area contributed by atoms with Crippen LogP contribution in [0.5, 0.6) is 5.75 Å². The van der Waals surface area contributed by atoms with Gasteiger partial charge < -0.3 is 19.1 Å². The number of benzene rings is 2. The van der Waals surface area contributed by atoms with E-state index in [1.54, 1.807) is 25.1 Å². The van der Waals surface area contributed by atoms with E-state index in [4.69, 9.17) is 25.8 Å². The van der Waals surface area contributed by atoms with Crippen molar-refractivity contribution >= 4 is 17.5 Å². The first kappa shape index (κ1) is 23.6. The highest BCUT2D eigenvalue weighted by Crippen LogP contribution is 2.40. The Hall–Kier alpha value is -2.12. The highest BCUT2D eigenvalue weighted by molar-refractivity contribution is 6.34. The van der Waals surface area contributed by atoms with Crippen molar-refractivity contribution in [1.29, 1.82) is 0 Å². The molecule has 1 saturated carbocycles. The Bertz CT molecular complexity index is 1050. The SMILES string of the molecule is COCCN(C)C(=O)c1ccc(-c2ccc3c(c2)COC2(CCN(C4CCC4)CC2)O3)cc1Cl. The highest BCUT2D eigenvalue weighted by atomic mass is 35.5. The Morgan fingerprint density at radius 2 is 1.91 bits per heavy atom. The summed E-state index contributed by atoms with van der Waals surface area (Å²) in [5.41, 5.74) is 3.51. The van der Waals surface area contributed by atoms with Crippen molar-refractivity contribution in [1.82, 2.24) is 9.80 Å². The number of hydrogen-bond donors (Lipinski definition) is 0. The van der Waals surface area contributed by atoms with Crippen LogP contribution in [0.2, 0.25) is 5.02 Å². The molecule has 0 aromatic heterocycles. The lowest BCUT2D eigenvalue weighted by atomic mass is 9.89. The number of ether oxygens (including phenoxy) is 3. The van der Waals surface area contributed by atoms with Gasteiger partial charge in [-0.15, -0.1) is 0 Å². The summed E-state index contributed by atoms with van der Waals surface area (Å²) in [5, 5.41) is 0.439. The maximum Gasteiger partial charge on any atom is 0.255 e. The molecule has 0 unspecified atom stereocenters. The number of carbonyl (C=O) groups is 1. The molecule has 34 heavy (non-hydrogen) atoms. The average Bonchev–Trinajstić information content (AvgIpc) is 2.82. The lowest BCUT2D eigenvalue weighted by molar-refractivity contribution is -0.231. The number of amides is 1. The van der Waals surface area contributed by atoms with E-state index in [1.165, 1.54) is 19.3 Å². The van der Waals surface area contributed by atoms with Gasteiger partial charge in [-0.05, 0) is 48.2 Å². The smallest absolute Gasteiger partial charge is 0.255 e. The van der Waals surface area contributed by atoms with E-state index in [1.807, 2.05) is 18.2 Å². The lowest BCUT2D eigenvalue weighted by Gasteiger charge is -2.47. The molecule has 1 amide bonds. The van der Waals surface area contributed by atoms with Crippen LogP contribution in [0.15, 0.2) is 36.4 Å². The van der Waals surface area contributed by atoms with Crippen molar-refractivity contribution in [2.75, 3.05) is 40.4 Å². The highest BCUT2D eigenvalue weighted by Gasteiger charge is 2.42. The predicted octanol–water partition coefficient (Wildman–Crippen LogP) is 4.98. The molecule has 0 bridgehead atoms. The molecule has 1 aliphatic carbocycles. The van der Waals surface area contributed by atoms with E-state index in [-0.39, 0.29) is 5.91 Å². The Kier molecular flexibility index (Phi) is 6.85. The summed E-state index contributed by atoms with van der Waals surface area (Å²) in [5.74, 6) is 0.300. The molecule has 7 heteroatoms. The number of fused-ring (bicyclic) bond motifs is 1. The van der Waals surface area contributed by atoms with E-state index in [9.17, 15) is 4.79 Å². The molecule has 182 valence electrons. The van der Waals surface area contributed by atoms with Crippen LogP contribution in [0, 0.1) is 0 Å². The standard InChI is InChI=1S/C27H33ClN2O4/c1-29(14-15-32-2)26(31)23-8-6-20(17-24(23)28)19-7-9-25-21(16-19)18-33-27(34-25)10-12-30(13-11-27)22-4-3-5-22/h6-9,16-17,22H,3-5,10-15,18H2,1-2H3. The topological polar surface area (TPSA) is 51.2 Å². The average molecular weight is 485 g/mol.